The van der Waals surface area contributed by atoms with E-state index in [9.17, 15) is 9.90 Å². The Morgan fingerprint density at radius 2 is 2.28 bits per heavy atom. The molecule has 2 amide bonds. The van der Waals surface area contributed by atoms with Gasteiger partial charge in [-0.15, -0.1) is 0 Å². The van der Waals surface area contributed by atoms with E-state index in [0.29, 0.717) is 0 Å². The zero-order chi connectivity index (χ0) is 13.1. The van der Waals surface area contributed by atoms with Crippen molar-refractivity contribution in [2.75, 3.05) is 18.5 Å². The molecule has 1 fully saturated rings. The number of hydrogen-bond acceptors (Lipinski definition) is 2. The zero-order valence-corrected chi connectivity index (χ0v) is 10.9. The van der Waals surface area contributed by atoms with Crippen LogP contribution in [0.25, 0.3) is 0 Å². The predicted octanol–water partition coefficient (Wildman–Crippen LogP) is 2.29. The summed E-state index contributed by atoms with van der Waals surface area (Å²) in [6.07, 6.45) is 1.85. The van der Waals surface area contributed by atoms with Gasteiger partial charge in [-0.25, -0.2) is 4.79 Å². The van der Waals surface area contributed by atoms with Crippen LogP contribution in [0.2, 0.25) is 0 Å². The average Bonchev–Trinajstić information content (AvgIpc) is 2.82. The van der Waals surface area contributed by atoms with Crippen molar-refractivity contribution in [1.29, 1.82) is 0 Å². The number of hydrogen-bond donors (Lipinski definition) is 2. The van der Waals surface area contributed by atoms with Crippen molar-refractivity contribution in [2.24, 2.45) is 0 Å². The second-order valence-corrected chi connectivity index (χ2v) is 4.92. The number of nitrogens with zero attached hydrogens (tertiary/aromatic N) is 1. The highest BCUT2D eigenvalue weighted by Crippen LogP contribution is 2.21. The van der Waals surface area contributed by atoms with Crippen molar-refractivity contribution in [3.8, 4) is 0 Å². The summed E-state index contributed by atoms with van der Waals surface area (Å²) in [6.45, 7) is 4.74. The molecule has 18 heavy (non-hydrogen) atoms. The minimum atomic E-state index is -0.111. The molecule has 4 nitrogen and oxygen atoms in total. The Kier molecular flexibility index (Phi) is 3.87. The number of urea groups is 1. The topological polar surface area (TPSA) is 52.6 Å². The third-order valence-corrected chi connectivity index (χ3v) is 3.48. The summed E-state index contributed by atoms with van der Waals surface area (Å²) in [6, 6.07) is 5.85. The number of benzene rings is 1. The molecule has 2 N–H and O–H groups in total. The monoisotopic (exact) mass is 248 g/mol. The maximum atomic E-state index is 12.2. The van der Waals surface area contributed by atoms with Crippen molar-refractivity contribution in [3.63, 3.8) is 0 Å². The molecule has 1 aliphatic rings. The molecule has 0 spiro atoms. The lowest BCUT2D eigenvalue weighted by atomic mass is 10.1. The molecular weight excluding hydrogens is 228 g/mol. The molecule has 0 aliphatic carbocycles. The van der Waals surface area contributed by atoms with Gasteiger partial charge in [0.1, 0.15) is 0 Å². The van der Waals surface area contributed by atoms with E-state index in [1.807, 2.05) is 32.0 Å². The highest BCUT2D eigenvalue weighted by molar-refractivity contribution is 5.90. The second kappa shape index (κ2) is 5.40. The Balaban J connectivity index is 2.09. The molecule has 1 aliphatic heterocycles. The van der Waals surface area contributed by atoms with E-state index in [1.165, 1.54) is 0 Å². The van der Waals surface area contributed by atoms with Crippen LogP contribution in [0.15, 0.2) is 18.2 Å². The molecule has 1 unspecified atom stereocenters. The van der Waals surface area contributed by atoms with Crippen LogP contribution in [-0.2, 0) is 0 Å². The van der Waals surface area contributed by atoms with Crippen LogP contribution in [0.4, 0.5) is 10.5 Å². The smallest absolute Gasteiger partial charge is 0.322 e. The Morgan fingerprint density at radius 3 is 3.00 bits per heavy atom. The van der Waals surface area contributed by atoms with Gasteiger partial charge in [0.15, 0.2) is 0 Å². The highest BCUT2D eigenvalue weighted by Gasteiger charge is 2.28. The summed E-state index contributed by atoms with van der Waals surface area (Å²) in [5.74, 6) is 0. The summed E-state index contributed by atoms with van der Waals surface area (Å²) in [4.78, 5) is 13.9. The third-order valence-electron chi connectivity index (χ3n) is 3.48. The number of aryl methyl sites for hydroxylation is 2. The number of rotatable bonds is 2. The molecule has 1 aromatic carbocycles. The van der Waals surface area contributed by atoms with Crippen molar-refractivity contribution < 1.29 is 9.90 Å². The Morgan fingerprint density at radius 1 is 1.50 bits per heavy atom. The summed E-state index contributed by atoms with van der Waals surface area (Å²) in [5, 5.41) is 12.2. The van der Waals surface area contributed by atoms with Gasteiger partial charge in [0.2, 0.25) is 0 Å². The number of nitrogens with one attached hydrogen (secondary N) is 1. The number of amides is 2. The molecule has 1 heterocycles. The summed E-state index contributed by atoms with van der Waals surface area (Å²) >= 11 is 0. The van der Waals surface area contributed by atoms with Gasteiger partial charge in [0.05, 0.1) is 12.6 Å². The zero-order valence-electron chi connectivity index (χ0n) is 10.9. The van der Waals surface area contributed by atoms with E-state index < -0.39 is 0 Å². The van der Waals surface area contributed by atoms with Gasteiger partial charge < -0.3 is 15.3 Å². The van der Waals surface area contributed by atoms with Gasteiger partial charge in [-0.3, -0.25) is 0 Å². The fourth-order valence-corrected chi connectivity index (χ4v) is 2.35. The van der Waals surface area contributed by atoms with Gasteiger partial charge in [-0.2, -0.15) is 0 Å². The molecule has 1 saturated heterocycles. The van der Waals surface area contributed by atoms with Gasteiger partial charge >= 0.3 is 6.03 Å². The van der Waals surface area contributed by atoms with E-state index >= 15 is 0 Å². The first-order chi connectivity index (χ1) is 8.61. The quantitative estimate of drug-likeness (QED) is 0.843. The minimum Gasteiger partial charge on any atom is -0.394 e. The van der Waals surface area contributed by atoms with Crippen LogP contribution in [0.3, 0.4) is 0 Å². The fraction of sp³-hybridized carbons (Fsp3) is 0.500. The van der Waals surface area contributed by atoms with E-state index in [0.717, 1.165) is 36.2 Å². The van der Waals surface area contributed by atoms with Crippen molar-refractivity contribution in [1.82, 2.24) is 4.90 Å². The number of likely N-dealkylation sites (tertiary alicyclic amines) is 1. The number of aliphatic hydroxyl groups is 1. The average molecular weight is 248 g/mol. The predicted molar refractivity (Wildman–Crippen MR) is 71.7 cm³/mol. The molecule has 0 bridgehead atoms. The Labute approximate surface area is 108 Å². The lowest BCUT2D eigenvalue weighted by molar-refractivity contribution is 0.166. The van der Waals surface area contributed by atoms with Crippen LogP contribution >= 0.6 is 0 Å². The number of anilines is 1. The van der Waals surface area contributed by atoms with Crippen LogP contribution in [0.5, 0.6) is 0 Å². The normalized spacial score (nSPS) is 19.1. The molecule has 0 aromatic heterocycles. The maximum Gasteiger partial charge on any atom is 0.322 e. The van der Waals surface area contributed by atoms with E-state index in [1.54, 1.807) is 4.90 Å². The molecule has 4 heteroatoms. The number of carbonyl (C=O) groups excluding carboxylic acids is 1. The van der Waals surface area contributed by atoms with Crippen molar-refractivity contribution in [2.45, 2.75) is 32.7 Å². The first kappa shape index (κ1) is 12.9. The van der Waals surface area contributed by atoms with Gasteiger partial charge in [0.25, 0.3) is 0 Å². The fourth-order valence-electron chi connectivity index (χ4n) is 2.35. The first-order valence-electron chi connectivity index (χ1n) is 6.37. The van der Waals surface area contributed by atoms with Crippen LogP contribution < -0.4 is 5.32 Å². The largest absolute Gasteiger partial charge is 0.394 e. The van der Waals surface area contributed by atoms with Gasteiger partial charge in [-0.1, -0.05) is 12.1 Å². The lowest BCUT2D eigenvalue weighted by Crippen LogP contribution is -2.40. The molecule has 1 atom stereocenters. The highest BCUT2D eigenvalue weighted by atomic mass is 16.3. The second-order valence-electron chi connectivity index (χ2n) is 4.92. The van der Waals surface area contributed by atoms with E-state index in [-0.39, 0.29) is 18.7 Å². The molecule has 2 rings (SSSR count). The summed E-state index contributed by atoms with van der Waals surface area (Å²) in [7, 11) is 0. The standard InChI is InChI=1S/C14H20N2O2/c1-10-5-6-11(2)13(8-10)15-14(18)16-7-3-4-12(16)9-17/h5-6,8,12,17H,3-4,7,9H2,1-2H3,(H,15,18). The molecule has 1 aromatic rings. The molecule has 98 valence electrons. The van der Waals surface area contributed by atoms with Crippen molar-refractivity contribution >= 4 is 11.7 Å². The SMILES string of the molecule is Cc1ccc(C)c(NC(=O)N2CCCC2CO)c1. The molecular formula is C14H20N2O2. The van der Waals surface area contributed by atoms with Crippen LogP contribution in [-0.4, -0.2) is 35.2 Å². The third kappa shape index (κ3) is 2.64. The maximum absolute atomic E-state index is 12.2. The van der Waals surface area contributed by atoms with Crippen LogP contribution in [0, 0.1) is 13.8 Å². The Bertz CT molecular complexity index is 445. The van der Waals surface area contributed by atoms with Gasteiger partial charge in [0, 0.05) is 12.2 Å². The van der Waals surface area contributed by atoms with Crippen LogP contribution in [0.1, 0.15) is 24.0 Å². The minimum absolute atomic E-state index is 0.0323. The Hall–Kier alpha value is -1.55. The van der Waals surface area contributed by atoms with Gasteiger partial charge in [-0.05, 0) is 43.9 Å². The first-order valence-corrected chi connectivity index (χ1v) is 6.37. The van der Waals surface area contributed by atoms with Crippen molar-refractivity contribution in [3.05, 3.63) is 29.3 Å². The summed E-state index contributed by atoms with van der Waals surface area (Å²) < 4.78 is 0. The lowest BCUT2D eigenvalue weighted by Gasteiger charge is -2.23. The summed E-state index contributed by atoms with van der Waals surface area (Å²) in [5.41, 5.74) is 3.02. The van der Waals surface area contributed by atoms with E-state index in [4.69, 9.17) is 0 Å². The number of carbonyl (C=O) groups is 1. The molecule has 0 radical (unpaired) electrons. The van der Waals surface area contributed by atoms with E-state index in [2.05, 4.69) is 5.32 Å². The molecule has 0 saturated carbocycles. The number of aliphatic hydroxyl groups excluding tert-OH is 1.